The average Bonchev–Trinajstić information content (AvgIpc) is 2.49. The van der Waals surface area contributed by atoms with Crippen LogP contribution in [0.3, 0.4) is 0 Å². The van der Waals surface area contributed by atoms with Gasteiger partial charge in [0.05, 0.1) is 24.3 Å². The molecule has 1 aromatic heterocycles. The average molecular weight is 290 g/mol. The van der Waals surface area contributed by atoms with Gasteiger partial charge in [-0.1, -0.05) is 6.07 Å². The van der Waals surface area contributed by atoms with Crippen LogP contribution in [0.25, 0.3) is 10.9 Å². The summed E-state index contributed by atoms with van der Waals surface area (Å²) in [6.07, 6.45) is -0.171. The van der Waals surface area contributed by atoms with Crippen LogP contribution in [0.2, 0.25) is 0 Å². The van der Waals surface area contributed by atoms with Gasteiger partial charge in [-0.2, -0.15) is 0 Å². The predicted octanol–water partition coefficient (Wildman–Crippen LogP) is 1.25. The van der Waals surface area contributed by atoms with Gasteiger partial charge in [-0.3, -0.25) is 4.79 Å². The van der Waals surface area contributed by atoms with Crippen molar-refractivity contribution in [1.29, 1.82) is 0 Å². The van der Waals surface area contributed by atoms with E-state index in [-0.39, 0.29) is 30.1 Å². The van der Waals surface area contributed by atoms with E-state index in [0.29, 0.717) is 23.9 Å². The Morgan fingerprint density at radius 2 is 2.24 bits per heavy atom. The second-order valence-corrected chi connectivity index (χ2v) is 5.01. The Morgan fingerprint density at radius 1 is 1.38 bits per heavy atom. The van der Waals surface area contributed by atoms with Crippen LogP contribution < -0.4 is 5.32 Å². The molecule has 2 atom stereocenters. The molecule has 1 aliphatic heterocycles. The van der Waals surface area contributed by atoms with Crippen LogP contribution in [0.5, 0.6) is 0 Å². The molecule has 0 spiro atoms. The molecule has 5 nitrogen and oxygen atoms in total. The molecule has 110 valence electrons. The summed E-state index contributed by atoms with van der Waals surface area (Å²) < 4.78 is 18.7. The van der Waals surface area contributed by atoms with Crippen LogP contribution in [0, 0.1) is 5.82 Å². The lowest BCUT2D eigenvalue weighted by atomic mass is 10.1. The number of carbonyl (C=O) groups is 1. The second kappa shape index (κ2) is 5.75. The molecular weight excluding hydrogens is 275 g/mol. The van der Waals surface area contributed by atoms with E-state index < -0.39 is 6.10 Å². The minimum atomic E-state index is -0.722. The van der Waals surface area contributed by atoms with Gasteiger partial charge in [-0.25, -0.2) is 9.37 Å². The third kappa shape index (κ3) is 2.86. The third-order valence-electron chi connectivity index (χ3n) is 3.55. The summed E-state index contributed by atoms with van der Waals surface area (Å²) in [5.74, 6) is -0.751. The number of amides is 1. The number of benzene rings is 1. The van der Waals surface area contributed by atoms with Crippen molar-refractivity contribution < 1.29 is 19.0 Å². The third-order valence-corrected chi connectivity index (χ3v) is 3.55. The maximum atomic E-state index is 13.6. The lowest BCUT2D eigenvalue weighted by Crippen LogP contribution is -2.48. The molecule has 1 fully saturated rings. The van der Waals surface area contributed by atoms with Crippen LogP contribution in [0.15, 0.2) is 30.3 Å². The molecule has 21 heavy (non-hydrogen) atoms. The number of hydrogen-bond acceptors (Lipinski definition) is 4. The molecule has 6 heteroatoms. The van der Waals surface area contributed by atoms with Crippen LogP contribution >= 0.6 is 0 Å². The smallest absolute Gasteiger partial charge is 0.270 e. The molecule has 3 rings (SSSR count). The highest BCUT2D eigenvalue weighted by Gasteiger charge is 2.25. The van der Waals surface area contributed by atoms with E-state index in [9.17, 15) is 14.3 Å². The Hall–Kier alpha value is -2.05. The molecule has 1 saturated heterocycles. The first kappa shape index (κ1) is 13.9. The van der Waals surface area contributed by atoms with Gasteiger partial charge < -0.3 is 15.2 Å². The fraction of sp³-hybridized carbons (Fsp3) is 0.333. The van der Waals surface area contributed by atoms with Crippen LogP contribution in [0.1, 0.15) is 16.9 Å². The maximum Gasteiger partial charge on any atom is 0.270 e. The van der Waals surface area contributed by atoms with E-state index in [0.717, 1.165) is 0 Å². The van der Waals surface area contributed by atoms with E-state index in [1.165, 1.54) is 18.2 Å². The standard InChI is InChI=1S/C15H15FN2O3/c16-10-2-1-3-11-9(10)4-5-13(17-11)15(20)18-12-6-7-21-8-14(12)19/h1-5,12,14,19H,6-8H2,(H,18,20). The summed E-state index contributed by atoms with van der Waals surface area (Å²) in [5, 5.41) is 12.9. The van der Waals surface area contributed by atoms with Crippen molar-refractivity contribution >= 4 is 16.8 Å². The predicted molar refractivity (Wildman–Crippen MR) is 74.4 cm³/mol. The first-order valence-electron chi connectivity index (χ1n) is 6.77. The number of halogens is 1. The Bertz CT molecular complexity index is 677. The molecule has 0 aliphatic carbocycles. The van der Waals surface area contributed by atoms with Gasteiger partial charge in [0, 0.05) is 12.0 Å². The quantitative estimate of drug-likeness (QED) is 0.873. The van der Waals surface area contributed by atoms with Crippen LogP contribution in [0.4, 0.5) is 4.39 Å². The summed E-state index contributed by atoms with van der Waals surface area (Å²) in [5.41, 5.74) is 0.627. The van der Waals surface area contributed by atoms with Crippen molar-refractivity contribution in [3.05, 3.63) is 41.8 Å². The number of aromatic nitrogens is 1. The number of carbonyl (C=O) groups excluding carboxylic acids is 1. The lowest BCUT2D eigenvalue weighted by Gasteiger charge is -2.28. The highest BCUT2D eigenvalue weighted by Crippen LogP contribution is 2.16. The summed E-state index contributed by atoms with van der Waals surface area (Å²) in [7, 11) is 0. The minimum Gasteiger partial charge on any atom is -0.389 e. The summed E-state index contributed by atoms with van der Waals surface area (Å²) in [6, 6.07) is 7.21. The number of aliphatic hydroxyl groups excluding tert-OH is 1. The van der Waals surface area contributed by atoms with Crippen molar-refractivity contribution in [2.24, 2.45) is 0 Å². The van der Waals surface area contributed by atoms with E-state index in [1.54, 1.807) is 12.1 Å². The van der Waals surface area contributed by atoms with Crippen molar-refractivity contribution in [3.8, 4) is 0 Å². The topological polar surface area (TPSA) is 71.5 Å². The number of rotatable bonds is 2. The fourth-order valence-electron chi connectivity index (χ4n) is 2.38. The molecule has 2 heterocycles. The zero-order chi connectivity index (χ0) is 14.8. The van der Waals surface area contributed by atoms with E-state index in [1.807, 2.05) is 0 Å². The molecule has 1 amide bonds. The van der Waals surface area contributed by atoms with Gasteiger partial charge in [0.25, 0.3) is 5.91 Å². The minimum absolute atomic E-state index is 0.201. The molecule has 0 bridgehead atoms. The summed E-state index contributed by atoms with van der Waals surface area (Å²) in [4.78, 5) is 16.3. The highest BCUT2D eigenvalue weighted by molar-refractivity contribution is 5.95. The number of nitrogens with one attached hydrogen (secondary N) is 1. The van der Waals surface area contributed by atoms with Crippen LogP contribution in [-0.4, -0.2) is 41.4 Å². The molecule has 1 aromatic carbocycles. The van der Waals surface area contributed by atoms with Crippen molar-refractivity contribution in [3.63, 3.8) is 0 Å². The monoisotopic (exact) mass is 290 g/mol. The van der Waals surface area contributed by atoms with Gasteiger partial charge >= 0.3 is 0 Å². The SMILES string of the molecule is O=C(NC1CCOCC1O)c1ccc2c(F)cccc2n1. The molecule has 1 aliphatic rings. The zero-order valence-corrected chi connectivity index (χ0v) is 11.3. The number of ether oxygens (including phenoxy) is 1. The normalized spacial score (nSPS) is 22.2. The number of hydrogen-bond donors (Lipinski definition) is 2. The van der Waals surface area contributed by atoms with Gasteiger partial charge in [0.1, 0.15) is 11.5 Å². The number of aliphatic hydroxyl groups is 1. The Morgan fingerprint density at radius 3 is 3.05 bits per heavy atom. The molecule has 0 saturated carbocycles. The van der Waals surface area contributed by atoms with E-state index >= 15 is 0 Å². The maximum absolute atomic E-state index is 13.6. The fourth-order valence-corrected chi connectivity index (χ4v) is 2.38. The Balaban J connectivity index is 1.81. The van der Waals surface area contributed by atoms with Gasteiger partial charge in [0.15, 0.2) is 0 Å². The highest BCUT2D eigenvalue weighted by atomic mass is 19.1. The summed E-state index contributed by atoms with van der Waals surface area (Å²) >= 11 is 0. The first-order valence-corrected chi connectivity index (χ1v) is 6.77. The summed E-state index contributed by atoms with van der Waals surface area (Å²) in [6.45, 7) is 0.708. The number of fused-ring (bicyclic) bond motifs is 1. The van der Waals surface area contributed by atoms with Crippen molar-refractivity contribution in [2.75, 3.05) is 13.2 Å². The molecular formula is C15H15FN2O3. The van der Waals surface area contributed by atoms with Gasteiger partial charge in [-0.05, 0) is 30.7 Å². The van der Waals surface area contributed by atoms with Crippen molar-refractivity contribution in [2.45, 2.75) is 18.6 Å². The largest absolute Gasteiger partial charge is 0.389 e. The van der Waals surface area contributed by atoms with E-state index in [2.05, 4.69) is 10.3 Å². The zero-order valence-electron chi connectivity index (χ0n) is 11.3. The van der Waals surface area contributed by atoms with Gasteiger partial charge in [0.2, 0.25) is 0 Å². The molecule has 2 unspecified atom stereocenters. The molecule has 0 radical (unpaired) electrons. The molecule has 2 aromatic rings. The lowest BCUT2D eigenvalue weighted by molar-refractivity contribution is -0.0261. The Kier molecular flexibility index (Phi) is 3.81. The first-order chi connectivity index (χ1) is 10.1. The molecule has 2 N–H and O–H groups in total. The second-order valence-electron chi connectivity index (χ2n) is 5.01. The van der Waals surface area contributed by atoms with Crippen LogP contribution in [-0.2, 0) is 4.74 Å². The number of nitrogens with zero attached hydrogens (tertiary/aromatic N) is 1. The van der Waals surface area contributed by atoms with Crippen molar-refractivity contribution in [1.82, 2.24) is 10.3 Å². The Labute approximate surface area is 120 Å². The van der Waals surface area contributed by atoms with Gasteiger partial charge in [-0.15, -0.1) is 0 Å². The van der Waals surface area contributed by atoms with E-state index in [4.69, 9.17) is 4.74 Å². The number of pyridine rings is 1.